The van der Waals surface area contributed by atoms with E-state index in [1.807, 2.05) is 36.9 Å². The van der Waals surface area contributed by atoms with Crippen molar-refractivity contribution in [1.29, 1.82) is 0 Å². The third-order valence-electron chi connectivity index (χ3n) is 2.97. The van der Waals surface area contributed by atoms with Gasteiger partial charge in [-0.2, -0.15) is 0 Å². The van der Waals surface area contributed by atoms with Crippen LogP contribution in [-0.4, -0.2) is 37.8 Å². The van der Waals surface area contributed by atoms with Crippen molar-refractivity contribution in [3.05, 3.63) is 42.5 Å². The van der Waals surface area contributed by atoms with Gasteiger partial charge < -0.3 is 0 Å². The molecule has 0 aliphatic heterocycles. The van der Waals surface area contributed by atoms with Gasteiger partial charge in [-0.05, 0) is 0 Å². The van der Waals surface area contributed by atoms with Crippen molar-refractivity contribution in [3.63, 3.8) is 0 Å². The molecule has 94 valence electrons. The van der Waals surface area contributed by atoms with Crippen molar-refractivity contribution in [2.24, 2.45) is 0 Å². The van der Waals surface area contributed by atoms with Crippen molar-refractivity contribution in [3.8, 4) is 0 Å². The van der Waals surface area contributed by atoms with E-state index in [0.717, 1.165) is 13.1 Å². The quantitative estimate of drug-likeness (QED) is 0.795. The van der Waals surface area contributed by atoms with Crippen molar-refractivity contribution < 1.29 is 4.79 Å². The Kier molecular flexibility index (Phi) is 4.40. The van der Waals surface area contributed by atoms with E-state index in [1.54, 1.807) is 0 Å². The van der Waals surface area contributed by atoms with Crippen LogP contribution in [-0.2, 0) is 0 Å². The SMILES string of the molecule is CCN(CC)C(=O)[Se]c1cccc2ccccc12. The number of rotatable bonds is 4. The van der Waals surface area contributed by atoms with Crippen LogP contribution in [0.1, 0.15) is 13.8 Å². The molecule has 0 aliphatic rings. The van der Waals surface area contributed by atoms with Crippen LogP contribution >= 0.6 is 0 Å². The molecule has 0 fully saturated rings. The van der Waals surface area contributed by atoms with E-state index in [1.165, 1.54) is 15.2 Å². The fourth-order valence-electron chi connectivity index (χ4n) is 1.93. The number of benzene rings is 2. The Hall–Kier alpha value is -1.31. The fourth-order valence-corrected chi connectivity index (χ4v) is 4.06. The molecular weight excluding hydrogens is 289 g/mol. The van der Waals surface area contributed by atoms with Crippen molar-refractivity contribution in [2.45, 2.75) is 13.8 Å². The van der Waals surface area contributed by atoms with Crippen LogP contribution in [0.3, 0.4) is 0 Å². The average Bonchev–Trinajstić information content (AvgIpc) is 2.40. The zero-order valence-electron chi connectivity index (χ0n) is 10.7. The first-order chi connectivity index (χ1) is 8.76. The predicted molar refractivity (Wildman–Crippen MR) is 77.7 cm³/mol. The molecule has 2 rings (SSSR count). The molecule has 2 nitrogen and oxygen atoms in total. The standard InChI is InChI=1S/C15H17NOSe/c1-3-16(4-2)15(17)18-14-11-7-9-12-8-5-6-10-13(12)14/h5-11H,3-4H2,1-2H3. The minimum absolute atomic E-state index is 0.132. The molecule has 0 N–H and O–H groups in total. The van der Waals surface area contributed by atoms with E-state index in [2.05, 4.69) is 24.3 Å². The zero-order chi connectivity index (χ0) is 13.0. The second-order valence-electron chi connectivity index (χ2n) is 4.02. The first-order valence-electron chi connectivity index (χ1n) is 6.20. The number of nitrogens with zero attached hydrogens (tertiary/aromatic N) is 1. The molecule has 2 aromatic carbocycles. The number of amides is 1. The molecule has 0 saturated heterocycles. The van der Waals surface area contributed by atoms with Crippen LogP contribution in [0.5, 0.6) is 0 Å². The number of hydrogen-bond acceptors (Lipinski definition) is 1. The second kappa shape index (κ2) is 6.03. The summed E-state index contributed by atoms with van der Waals surface area (Å²) in [7, 11) is 0. The average molecular weight is 306 g/mol. The third-order valence-corrected chi connectivity index (χ3v) is 5.08. The molecular formula is C15H17NOSe. The third kappa shape index (κ3) is 2.74. The van der Waals surface area contributed by atoms with Gasteiger partial charge in [0.25, 0.3) is 0 Å². The summed E-state index contributed by atoms with van der Waals surface area (Å²) in [5.74, 6) is 0. The molecule has 3 heteroatoms. The molecule has 0 atom stereocenters. The Morgan fingerprint density at radius 1 is 1.06 bits per heavy atom. The Morgan fingerprint density at radius 3 is 2.44 bits per heavy atom. The molecule has 1 amide bonds. The van der Waals surface area contributed by atoms with E-state index in [9.17, 15) is 4.79 Å². The first kappa shape index (κ1) is 13.1. The van der Waals surface area contributed by atoms with Crippen LogP contribution in [0.4, 0.5) is 4.79 Å². The van der Waals surface area contributed by atoms with E-state index in [-0.39, 0.29) is 19.8 Å². The monoisotopic (exact) mass is 307 g/mol. The fraction of sp³-hybridized carbons (Fsp3) is 0.267. The summed E-state index contributed by atoms with van der Waals surface area (Å²) in [5.41, 5.74) is 0. The molecule has 0 heterocycles. The summed E-state index contributed by atoms with van der Waals surface area (Å²) >= 11 is -0.132. The van der Waals surface area contributed by atoms with Gasteiger partial charge in [0.2, 0.25) is 0 Å². The van der Waals surface area contributed by atoms with Gasteiger partial charge in [0.15, 0.2) is 0 Å². The van der Waals surface area contributed by atoms with E-state index in [0.29, 0.717) is 0 Å². The predicted octanol–water partition coefficient (Wildman–Crippen LogP) is 2.63. The number of carbonyl (C=O) groups excluding carboxylic acids is 1. The van der Waals surface area contributed by atoms with Gasteiger partial charge in [-0.3, -0.25) is 0 Å². The summed E-state index contributed by atoms with van der Waals surface area (Å²) in [5, 5.41) is 2.42. The van der Waals surface area contributed by atoms with Gasteiger partial charge in [0, 0.05) is 0 Å². The maximum absolute atomic E-state index is 12.2. The topological polar surface area (TPSA) is 20.3 Å². The van der Waals surface area contributed by atoms with Crippen LogP contribution in [0.15, 0.2) is 42.5 Å². The molecule has 0 aliphatic carbocycles. The van der Waals surface area contributed by atoms with E-state index in [4.69, 9.17) is 0 Å². The van der Waals surface area contributed by atoms with Crippen LogP contribution in [0, 0.1) is 0 Å². The summed E-state index contributed by atoms with van der Waals surface area (Å²) in [6.07, 6.45) is 0. The number of fused-ring (bicyclic) bond motifs is 1. The van der Waals surface area contributed by atoms with Crippen molar-refractivity contribution in [1.82, 2.24) is 4.90 Å². The second-order valence-corrected chi connectivity index (χ2v) is 6.10. The summed E-state index contributed by atoms with van der Waals surface area (Å²) in [4.78, 5) is 14.3. The Balaban J connectivity index is 2.29. The normalized spacial score (nSPS) is 10.6. The molecule has 0 unspecified atom stereocenters. The van der Waals surface area contributed by atoms with Crippen LogP contribution in [0.2, 0.25) is 0 Å². The molecule has 0 spiro atoms. The van der Waals surface area contributed by atoms with Crippen LogP contribution in [0.25, 0.3) is 10.8 Å². The van der Waals surface area contributed by atoms with Gasteiger partial charge >= 0.3 is 114 Å². The number of hydrogen-bond donors (Lipinski definition) is 0. The zero-order valence-corrected chi connectivity index (χ0v) is 12.4. The minimum atomic E-state index is -0.132. The van der Waals surface area contributed by atoms with Crippen molar-refractivity contribution in [2.75, 3.05) is 13.1 Å². The molecule has 0 saturated carbocycles. The van der Waals surface area contributed by atoms with Gasteiger partial charge in [-0.25, -0.2) is 0 Å². The number of carbonyl (C=O) groups is 1. The van der Waals surface area contributed by atoms with Crippen molar-refractivity contribution >= 4 is 35.0 Å². The van der Waals surface area contributed by atoms with Gasteiger partial charge in [-0.1, -0.05) is 0 Å². The van der Waals surface area contributed by atoms with Gasteiger partial charge in [0.1, 0.15) is 0 Å². The molecule has 0 bridgehead atoms. The Morgan fingerprint density at radius 2 is 1.72 bits per heavy atom. The van der Waals surface area contributed by atoms with E-state index < -0.39 is 0 Å². The molecule has 18 heavy (non-hydrogen) atoms. The van der Waals surface area contributed by atoms with E-state index >= 15 is 0 Å². The summed E-state index contributed by atoms with van der Waals surface area (Å²) in [6, 6.07) is 14.5. The van der Waals surface area contributed by atoms with Crippen LogP contribution < -0.4 is 4.46 Å². The summed E-state index contributed by atoms with van der Waals surface area (Å²) < 4.78 is 1.18. The molecule has 0 radical (unpaired) electrons. The van der Waals surface area contributed by atoms with Gasteiger partial charge in [0.05, 0.1) is 0 Å². The maximum atomic E-state index is 12.2. The first-order valence-corrected chi connectivity index (χ1v) is 7.92. The van der Waals surface area contributed by atoms with Gasteiger partial charge in [-0.15, -0.1) is 0 Å². The molecule has 2 aromatic rings. The summed E-state index contributed by atoms with van der Waals surface area (Å²) in [6.45, 7) is 5.64. The Labute approximate surface area is 114 Å². The molecule has 0 aromatic heterocycles. The Bertz CT molecular complexity index is 544.